The Bertz CT molecular complexity index is 1320. The fourth-order valence-corrected chi connectivity index (χ4v) is 5.92. The van der Waals surface area contributed by atoms with Crippen molar-refractivity contribution in [1.29, 1.82) is 0 Å². The third-order valence-corrected chi connectivity index (χ3v) is 7.43. The molecule has 0 saturated carbocycles. The van der Waals surface area contributed by atoms with E-state index >= 15 is 0 Å². The quantitative estimate of drug-likeness (QED) is 0.543. The summed E-state index contributed by atoms with van der Waals surface area (Å²) in [5.74, 6) is -1.81. The summed E-state index contributed by atoms with van der Waals surface area (Å²) < 4.78 is 41.5. The topological polar surface area (TPSA) is 52.7 Å². The summed E-state index contributed by atoms with van der Waals surface area (Å²) >= 11 is 1.33. The van der Waals surface area contributed by atoms with Crippen molar-refractivity contribution in [3.63, 3.8) is 0 Å². The summed E-state index contributed by atoms with van der Waals surface area (Å²) in [5.41, 5.74) is 2.54. The van der Waals surface area contributed by atoms with Crippen molar-refractivity contribution in [2.75, 3.05) is 22.5 Å². The van der Waals surface area contributed by atoms with Gasteiger partial charge in [-0.1, -0.05) is 29.8 Å². The molecule has 0 unspecified atom stereocenters. The number of hydrogen-bond donors (Lipinski definition) is 1. The van der Waals surface area contributed by atoms with Crippen molar-refractivity contribution in [2.24, 2.45) is 0 Å². The van der Waals surface area contributed by atoms with Gasteiger partial charge in [-0.2, -0.15) is 0 Å². The molecule has 3 aromatic carbocycles. The SMILES string of the molecule is Cc1ccc2c(c1)[C@@]1(SCCN1C(=O)Nc1cccc(F)c1)C(=O)N2Cc1ccc(F)cc1F. The number of fused-ring (bicyclic) bond motifs is 2. The first-order valence-electron chi connectivity index (χ1n) is 10.6. The van der Waals surface area contributed by atoms with Crippen LogP contribution in [0.4, 0.5) is 29.3 Å². The molecule has 1 fully saturated rings. The molecule has 34 heavy (non-hydrogen) atoms. The number of amides is 3. The Hall–Kier alpha value is -3.46. The number of benzene rings is 3. The molecule has 1 N–H and O–H groups in total. The molecular formula is C25H20F3N3O2S. The standard InChI is InChI=1S/C25H20F3N3O2S/c1-15-5-8-22-20(11-15)25(23(32)30(22)14-16-6-7-18(27)13-21(16)28)31(9-10-34-25)24(33)29-19-4-2-3-17(26)12-19/h2-8,11-13H,9-10,14H2,1H3,(H,29,33)/t25-/m1/s1. The molecule has 3 aromatic rings. The highest BCUT2D eigenvalue weighted by molar-refractivity contribution is 8.01. The van der Waals surface area contributed by atoms with E-state index in [4.69, 9.17) is 0 Å². The van der Waals surface area contributed by atoms with Gasteiger partial charge in [-0.05, 0) is 37.3 Å². The number of nitrogens with one attached hydrogen (secondary N) is 1. The van der Waals surface area contributed by atoms with Gasteiger partial charge in [0.05, 0.1) is 12.2 Å². The molecule has 0 radical (unpaired) electrons. The van der Waals surface area contributed by atoms with E-state index in [0.717, 1.165) is 17.7 Å². The van der Waals surface area contributed by atoms with Gasteiger partial charge in [-0.15, -0.1) is 11.8 Å². The van der Waals surface area contributed by atoms with Crippen LogP contribution in [0.3, 0.4) is 0 Å². The largest absolute Gasteiger partial charge is 0.323 e. The van der Waals surface area contributed by atoms with Crippen LogP contribution < -0.4 is 10.2 Å². The van der Waals surface area contributed by atoms with Gasteiger partial charge in [-0.3, -0.25) is 9.69 Å². The van der Waals surface area contributed by atoms with Crippen LogP contribution in [0.15, 0.2) is 60.7 Å². The van der Waals surface area contributed by atoms with Crippen LogP contribution in [0.1, 0.15) is 16.7 Å². The molecule has 2 heterocycles. The zero-order valence-corrected chi connectivity index (χ0v) is 19.0. The number of rotatable bonds is 3. The molecule has 9 heteroatoms. The van der Waals surface area contributed by atoms with E-state index in [1.807, 2.05) is 19.1 Å². The smallest absolute Gasteiger partial charge is 0.308 e. The first kappa shape index (κ1) is 22.3. The average Bonchev–Trinajstić information content (AvgIpc) is 3.33. The normalized spacial score (nSPS) is 19.1. The van der Waals surface area contributed by atoms with E-state index in [0.29, 0.717) is 23.5 Å². The molecule has 3 amide bonds. The lowest BCUT2D eigenvalue weighted by Crippen LogP contribution is -2.51. The number of nitrogens with zero attached hydrogens (tertiary/aromatic N) is 2. The van der Waals surface area contributed by atoms with E-state index in [-0.39, 0.29) is 23.7 Å². The van der Waals surface area contributed by atoms with Crippen LogP contribution >= 0.6 is 11.8 Å². The molecular weight excluding hydrogens is 463 g/mol. The minimum atomic E-state index is -1.34. The van der Waals surface area contributed by atoms with Crippen LogP contribution in [0, 0.1) is 24.4 Å². The summed E-state index contributed by atoms with van der Waals surface area (Å²) in [6.45, 7) is 2.07. The lowest BCUT2D eigenvalue weighted by Gasteiger charge is -2.33. The molecule has 1 atom stereocenters. The van der Waals surface area contributed by atoms with Gasteiger partial charge in [0.25, 0.3) is 5.91 Å². The Morgan fingerprint density at radius 3 is 2.62 bits per heavy atom. The number of halogens is 3. The van der Waals surface area contributed by atoms with Crippen LogP contribution in [-0.2, 0) is 16.2 Å². The molecule has 174 valence electrons. The number of carbonyl (C=O) groups excluding carboxylic acids is 2. The molecule has 1 spiro atoms. The Kier molecular flexibility index (Phi) is 5.51. The van der Waals surface area contributed by atoms with Crippen molar-refractivity contribution in [2.45, 2.75) is 18.3 Å². The van der Waals surface area contributed by atoms with Gasteiger partial charge in [-0.25, -0.2) is 18.0 Å². The van der Waals surface area contributed by atoms with Gasteiger partial charge in [0.1, 0.15) is 17.5 Å². The monoisotopic (exact) mass is 483 g/mol. The summed E-state index contributed by atoms with van der Waals surface area (Å²) in [6, 6.07) is 13.7. The first-order valence-corrected chi connectivity index (χ1v) is 11.6. The molecule has 2 aliphatic rings. The third-order valence-electron chi connectivity index (χ3n) is 6.01. The van der Waals surface area contributed by atoms with Gasteiger partial charge in [0.15, 0.2) is 4.87 Å². The van der Waals surface area contributed by atoms with E-state index in [2.05, 4.69) is 5.32 Å². The van der Waals surface area contributed by atoms with Crippen molar-refractivity contribution in [3.8, 4) is 0 Å². The van der Waals surface area contributed by atoms with E-state index in [9.17, 15) is 22.8 Å². The average molecular weight is 484 g/mol. The highest BCUT2D eigenvalue weighted by Crippen LogP contribution is 2.54. The maximum absolute atomic E-state index is 14.4. The maximum Gasteiger partial charge on any atom is 0.323 e. The van der Waals surface area contributed by atoms with Crippen LogP contribution in [0.2, 0.25) is 0 Å². The molecule has 1 saturated heterocycles. The molecule has 5 nitrogen and oxygen atoms in total. The van der Waals surface area contributed by atoms with Crippen LogP contribution in [0.5, 0.6) is 0 Å². The minimum Gasteiger partial charge on any atom is -0.308 e. The van der Waals surface area contributed by atoms with Crippen molar-refractivity contribution in [3.05, 3.63) is 94.8 Å². The zero-order valence-electron chi connectivity index (χ0n) is 18.1. The third kappa shape index (κ3) is 3.60. The van der Waals surface area contributed by atoms with Gasteiger partial charge in [0.2, 0.25) is 0 Å². The lowest BCUT2D eigenvalue weighted by atomic mass is 10.0. The Morgan fingerprint density at radius 1 is 1.06 bits per heavy atom. The Balaban J connectivity index is 1.54. The van der Waals surface area contributed by atoms with Gasteiger partial charge >= 0.3 is 6.03 Å². The number of carbonyl (C=O) groups is 2. The number of anilines is 2. The highest BCUT2D eigenvalue weighted by atomic mass is 32.2. The van der Waals surface area contributed by atoms with Crippen molar-refractivity contribution in [1.82, 2.24) is 4.90 Å². The zero-order chi connectivity index (χ0) is 24.0. The number of thioether (sulfide) groups is 1. The van der Waals surface area contributed by atoms with Crippen molar-refractivity contribution < 1.29 is 22.8 Å². The summed E-state index contributed by atoms with van der Waals surface area (Å²) in [5, 5.41) is 2.68. The van der Waals surface area contributed by atoms with E-state index < -0.39 is 28.4 Å². The fraction of sp³-hybridized carbons (Fsp3) is 0.200. The molecule has 2 aliphatic heterocycles. The Labute approximate surface area is 198 Å². The fourth-order valence-electron chi connectivity index (χ4n) is 4.46. The second-order valence-electron chi connectivity index (χ2n) is 8.23. The second-order valence-corrected chi connectivity index (χ2v) is 9.52. The summed E-state index contributed by atoms with van der Waals surface area (Å²) in [6.07, 6.45) is 0. The molecule has 0 aliphatic carbocycles. The molecule has 5 rings (SSSR count). The summed E-state index contributed by atoms with van der Waals surface area (Å²) in [4.78, 5) is 28.8. The van der Waals surface area contributed by atoms with E-state index in [1.165, 1.54) is 45.8 Å². The maximum atomic E-state index is 14.4. The van der Waals surface area contributed by atoms with Gasteiger partial charge in [0, 0.05) is 35.2 Å². The molecule has 0 bridgehead atoms. The first-order chi connectivity index (χ1) is 16.3. The number of urea groups is 1. The number of hydrogen-bond acceptors (Lipinski definition) is 3. The predicted molar refractivity (Wildman–Crippen MR) is 125 cm³/mol. The minimum absolute atomic E-state index is 0.108. The lowest BCUT2D eigenvalue weighted by molar-refractivity contribution is -0.123. The predicted octanol–water partition coefficient (Wildman–Crippen LogP) is 5.39. The summed E-state index contributed by atoms with van der Waals surface area (Å²) in [7, 11) is 0. The van der Waals surface area contributed by atoms with Crippen LogP contribution in [0.25, 0.3) is 0 Å². The Morgan fingerprint density at radius 2 is 1.85 bits per heavy atom. The van der Waals surface area contributed by atoms with E-state index in [1.54, 1.807) is 12.1 Å². The second kappa shape index (κ2) is 8.39. The molecule has 0 aromatic heterocycles. The van der Waals surface area contributed by atoms with Crippen LogP contribution in [-0.4, -0.2) is 29.1 Å². The number of aryl methyl sites for hydroxylation is 1. The van der Waals surface area contributed by atoms with Crippen molar-refractivity contribution >= 4 is 35.1 Å². The van der Waals surface area contributed by atoms with Gasteiger partial charge < -0.3 is 10.2 Å². The highest BCUT2D eigenvalue weighted by Gasteiger charge is 2.59.